The molecule has 0 unspecified atom stereocenters. The first-order chi connectivity index (χ1) is 11.3. The standard InChI is InChI=1S/C15H17Cl2NO6/c16-8-3-1-7(5-9(8)17)2-4-11(20)18-12-14(22)13(21)10(6-19)24-15(12)23/h1-5,10,12-15,19,21-23H,6H2,(H,18,20)/b4-2+/t10-,12+,13-,14-,15+/m1/s1. The Morgan fingerprint density at radius 1 is 1.21 bits per heavy atom. The van der Waals surface area contributed by atoms with Gasteiger partial charge in [-0.15, -0.1) is 0 Å². The minimum atomic E-state index is -1.57. The molecular weight excluding hydrogens is 361 g/mol. The third kappa shape index (κ3) is 4.46. The molecular formula is C15H17Cl2NO6. The maximum Gasteiger partial charge on any atom is 0.244 e. The van der Waals surface area contributed by atoms with Crippen molar-refractivity contribution < 1.29 is 30.0 Å². The molecule has 0 bridgehead atoms. The number of rotatable bonds is 4. The summed E-state index contributed by atoms with van der Waals surface area (Å²) in [5, 5.41) is 41.5. The second-order valence-corrected chi connectivity index (χ2v) is 6.08. The van der Waals surface area contributed by atoms with Crippen molar-refractivity contribution in [1.29, 1.82) is 0 Å². The summed E-state index contributed by atoms with van der Waals surface area (Å²) in [5.41, 5.74) is 0.626. The van der Waals surface area contributed by atoms with Crippen LogP contribution in [0.1, 0.15) is 5.56 Å². The Balaban J connectivity index is 2.00. The van der Waals surface area contributed by atoms with E-state index in [4.69, 9.17) is 33.0 Å². The van der Waals surface area contributed by atoms with Crippen molar-refractivity contribution in [2.75, 3.05) is 6.61 Å². The molecule has 1 aliphatic heterocycles. The maximum atomic E-state index is 11.9. The summed E-state index contributed by atoms with van der Waals surface area (Å²) in [6.45, 7) is -0.576. The van der Waals surface area contributed by atoms with Crippen LogP contribution in [0.5, 0.6) is 0 Å². The zero-order valence-corrected chi connectivity index (χ0v) is 13.9. The van der Waals surface area contributed by atoms with Crippen molar-refractivity contribution in [2.24, 2.45) is 0 Å². The molecule has 1 amide bonds. The minimum Gasteiger partial charge on any atom is -0.394 e. The molecule has 5 N–H and O–H groups in total. The molecule has 1 aliphatic rings. The zero-order valence-electron chi connectivity index (χ0n) is 12.3. The van der Waals surface area contributed by atoms with E-state index in [1.165, 1.54) is 12.2 Å². The van der Waals surface area contributed by atoms with Crippen molar-refractivity contribution in [3.63, 3.8) is 0 Å². The molecule has 0 aromatic heterocycles. The molecule has 0 radical (unpaired) electrons. The fourth-order valence-corrected chi connectivity index (χ4v) is 2.56. The van der Waals surface area contributed by atoms with Crippen LogP contribution in [0, 0.1) is 0 Å². The molecule has 1 heterocycles. The van der Waals surface area contributed by atoms with Crippen LogP contribution in [0.2, 0.25) is 10.0 Å². The Morgan fingerprint density at radius 3 is 2.54 bits per heavy atom. The highest BCUT2D eigenvalue weighted by Gasteiger charge is 2.44. The van der Waals surface area contributed by atoms with Crippen molar-refractivity contribution >= 4 is 35.2 Å². The summed E-state index contributed by atoms with van der Waals surface area (Å²) in [6, 6.07) is 3.56. The van der Waals surface area contributed by atoms with Crippen LogP contribution in [-0.4, -0.2) is 63.6 Å². The molecule has 7 nitrogen and oxygen atoms in total. The van der Waals surface area contributed by atoms with Crippen LogP contribution in [0.4, 0.5) is 0 Å². The fraction of sp³-hybridized carbons (Fsp3) is 0.400. The summed E-state index contributed by atoms with van der Waals surface area (Å²) in [5.74, 6) is -0.623. The number of amides is 1. The Kier molecular flexibility index (Phi) is 6.59. The molecule has 1 saturated heterocycles. The molecule has 5 atom stereocenters. The lowest BCUT2D eigenvalue weighted by Gasteiger charge is -2.40. The number of ether oxygens (including phenoxy) is 1. The van der Waals surface area contributed by atoms with E-state index in [9.17, 15) is 20.1 Å². The number of aliphatic hydroxyl groups excluding tert-OH is 4. The van der Waals surface area contributed by atoms with Gasteiger partial charge in [0.2, 0.25) is 5.91 Å². The van der Waals surface area contributed by atoms with Crippen LogP contribution < -0.4 is 5.32 Å². The number of nitrogens with one attached hydrogen (secondary N) is 1. The molecule has 0 saturated carbocycles. The smallest absolute Gasteiger partial charge is 0.244 e. The predicted octanol–water partition coefficient (Wildman–Crippen LogP) is -0.0773. The number of hydrogen-bond acceptors (Lipinski definition) is 6. The molecule has 1 fully saturated rings. The van der Waals surface area contributed by atoms with E-state index < -0.39 is 43.2 Å². The van der Waals surface area contributed by atoms with Crippen molar-refractivity contribution in [1.82, 2.24) is 5.32 Å². The Morgan fingerprint density at radius 2 is 1.92 bits per heavy atom. The Bertz CT molecular complexity index is 626. The van der Waals surface area contributed by atoms with E-state index in [1.54, 1.807) is 18.2 Å². The van der Waals surface area contributed by atoms with Crippen LogP contribution in [0.15, 0.2) is 24.3 Å². The normalized spacial score (nSPS) is 30.5. The van der Waals surface area contributed by atoms with Gasteiger partial charge in [0.05, 0.1) is 16.7 Å². The molecule has 132 valence electrons. The van der Waals surface area contributed by atoms with E-state index >= 15 is 0 Å². The van der Waals surface area contributed by atoms with E-state index in [1.807, 2.05) is 0 Å². The van der Waals surface area contributed by atoms with E-state index in [2.05, 4.69) is 5.32 Å². The fourth-order valence-electron chi connectivity index (χ4n) is 2.25. The number of benzene rings is 1. The van der Waals surface area contributed by atoms with Gasteiger partial charge in [-0.1, -0.05) is 29.3 Å². The molecule has 24 heavy (non-hydrogen) atoms. The second kappa shape index (κ2) is 8.26. The van der Waals surface area contributed by atoms with Gasteiger partial charge in [-0.05, 0) is 23.8 Å². The monoisotopic (exact) mass is 377 g/mol. The molecule has 2 rings (SSSR count). The highest BCUT2D eigenvalue weighted by molar-refractivity contribution is 6.42. The van der Waals surface area contributed by atoms with Gasteiger partial charge in [0, 0.05) is 6.08 Å². The summed E-state index contributed by atoms with van der Waals surface area (Å²) in [4.78, 5) is 11.9. The Labute approximate surface area is 148 Å². The van der Waals surface area contributed by atoms with Gasteiger partial charge in [-0.3, -0.25) is 4.79 Å². The van der Waals surface area contributed by atoms with Crippen LogP contribution >= 0.6 is 23.2 Å². The third-order valence-electron chi connectivity index (χ3n) is 3.58. The van der Waals surface area contributed by atoms with Crippen molar-refractivity contribution in [3.8, 4) is 0 Å². The average molecular weight is 378 g/mol. The molecule has 1 aromatic rings. The van der Waals surface area contributed by atoms with Gasteiger partial charge in [0.25, 0.3) is 0 Å². The van der Waals surface area contributed by atoms with Gasteiger partial charge < -0.3 is 30.5 Å². The second-order valence-electron chi connectivity index (χ2n) is 5.27. The topological polar surface area (TPSA) is 119 Å². The van der Waals surface area contributed by atoms with Crippen molar-refractivity contribution in [3.05, 3.63) is 39.9 Å². The zero-order chi connectivity index (χ0) is 17.9. The Hall–Kier alpha value is -1.19. The summed E-state index contributed by atoms with van der Waals surface area (Å²) in [6.07, 6.45) is -3.00. The van der Waals surface area contributed by atoms with Crippen LogP contribution in [-0.2, 0) is 9.53 Å². The molecule has 9 heteroatoms. The first-order valence-electron chi connectivity index (χ1n) is 7.07. The number of aliphatic hydroxyl groups is 4. The number of halogens is 2. The number of carbonyl (C=O) groups is 1. The minimum absolute atomic E-state index is 0.337. The highest BCUT2D eigenvalue weighted by Crippen LogP contribution is 2.23. The van der Waals surface area contributed by atoms with Gasteiger partial charge in [-0.2, -0.15) is 0 Å². The summed E-state index contributed by atoms with van der Waals surface area (Å²) in [7, 11) is 0. The SMILES string of the molecule is O=C(/C=C/c1ccc(Cl)c(Cl)c1)N[C@H]1[C@@H](O)[C@H](O)[C@@H](CO)O[C@@H]1O. The van der Waals surface area contributed by atoms with E-state index in [0.717, 1.165) is 0 Å². The first-order valence-corrected chi connectivity index (χ1v) is 7.83. The lowest BCUT2D eigenvalue weighted by Crippen LogP contribution is -2.64. The summed E-state index contributed by atoms with van der Waals surface area (Å²) < 4.78 is 4.95. The largest absolute Gasteiger partial charge is 0.394 e. The van der Waals surface area contributed by atoms with Gasteiger partial charge in [0.1, 0.15) is 24.4 Å². The lowest BCUT2D eigenvalue weighted by molar-refractivity contribution is -0.253. The summed E-state index contributed by atoms with van der Waals surface area (Å²) >= 11 is 11.7. The van der Waals surface area contributed by atoms with Crippen LogP contribution in [0.25, 0.3) is 6.08 Å². The molecule has 0 aliphatic carbocycles. The quantitative estimate of drug-likeness (QED) is 0.468. The highest BCUT2D eigenvalue weighted by atomic mass is 35.5. The number of hydrogen-bond donors (Lipinski definition) is 5. The number of carbonyl (C=O) groups excluding carboxylic acids is 1. The van der Waals surface area contributed by atoms with E-state index in [-0.39, 0.29) is 0 Å². The first kappa shape index (κ1) is 19.1. The molecule has 1 aromatic carbocycles. The maximum absolute atomic E-state index is 11.9. The van der Waals surface area contributed by atoms with Crippen molar-refractivity contribution in [2.45, 2.75) is 30.6 Å². The molecule has 0 spiro atoms. The van der Waals surface area contributed by atoms with Gasteiger partial charge in [0.15, 0.2) is 6.29 Å². The average Bonchev–Trinajstić information content (AvgIpc) is 2.56. The van der Waals surface area contributed by atoms with Crippen LogP contribution in [0.3, 0.4) is 0 Å². The predicted molar refractivity (Wildman–Crippen MR) is 87.4 cm³/mol. The van der Waals surface area contributed by atoms with Gasteiger partial charge >= 0.3 is 0 Å². The lowest BCUT2D eigenvalue weighted by atomic mass is 9.97. The van der Waals surface area contributed by atoms with Gasteiger partial charge in [-0.25, -0.2) is 0 Å². The third-order valence-corrected chi connectivity index (χ3v) is 4.32. The van der Waals surface area contributed by atoms with E-state index in [0.29, 0.717) is 15.6 Å².